The Morgan fingerprint density at radius 3 is 2.32 bits per heavy atom. The average Bonchev–Trinajstić information content (AvgIpc) is 2.50. The van der Waals surface area contributed by atoms with Gasteiger partial charge in [-0.3, -0.25) is 9.62 Å². The zero-order valence-corrected chi connectivity index (χ0v) is 15.1. The van der Waals surface area contributed by atoms with Crippen molar-refractivity contribution in [2.45, 2.75) is 4.90 Å². The summed E-state index contributed by atoms with van der Waals surface area (Å²) >= 11 is 4.49. The van der Waals surface area contributed by atoms with Gasteiger partial charge in [-0.15, -0.1) is 4.99 Å². The average molecular weight is 389 g/mol. The molecule has 1 aromatic carbocycles. The molecule has 0 unspecified atom stereocenters. The van der Waals surface area contributed by atoms with E-state index in [1.54, 1.807) is 14.1 Å². The molecular formula is C13H17BrN4O3S. The van der Waals surface area contributed by atoms with E-state index in [1.807, 2.05) is 24.3 Å². The first-order valence-electron chi connectivity index (χ1n) is 6.15. The van der Waals surface area contributed by atoms with Crippen LogP contribution in [0.1, 0.15) is 0 Å². The second-order valence-corrected chi connectivity index (χ2v) is 6.09. The van der Waals surface area contributed by atoms with Crippen LogP contribution in [0, 0.1) is 0 Å². The number of hydrogen-bond acceptors (Lipinski definition) is 4. The number of hydrogen-bond donors (Lipinski definition) is 1. The van der Waals surface area contributed by atoms with E-state index in [0.717, 1.165) is 26.2 Å². The number of carbonyl (C=O) groups excluding carboxylic acids is 2. The van der Waals surface area contributed by atoms with E-state index in [9.17, 15) is 9.59 Å². The molecule has 0 aromatic heterocycles. The standard InChI is InChI=1S/C13H17BrN4O3S/c1-17(2)11(19)15-13(21-4)18(3)12(20)16-22-10-7-5-9(14)6-8-10/h5-8H,1-4H3,(H,16,20). The third-order valence-electron chi connectivity index (χ3n) is 2.42. The van der Waals surface area contributed by atoms with Gasteiger partial charge in [0.05, 0.1) is 7.11 Å². The molecule has 9 heteroatoms. The fraction of sp³-hybridized carbons (Fsp3) is 0.308. The summed E-state index contributed by atoms with van der Waals surface area (Å²) in [6, 6.07) is 6.39. The number of nitrogens with zero attached hydrogens (tertiary/aromatic N) is 3. The van der Waals surface area contributed by atoms with Gasteiger partial charge in [-0.25, -0.2) is 9.59 Å². The molecule has 4 amide bonds. The van der Waals surface area contributed by atoms with Crippen LogP contribution in [0.4, 0.5) is 9.59 Å². The number of methoxy groups -OCH3 is 1. The van der Waals surface area contributed by atoms with Crippen LogP contribution < -0.4 is 4.72 Å². The Kier molecular flexibility index (Phi) is 7.19. The predicted octanol–water partition coefficient (Wildman–Crippen LogP) is 2.78. The van der Waals surface area contributed by atoms with Gasteiger partial charge in [0.1, 0.15) is 0 Å². The van der Waals surface area contributed by atoms with Crippen molar-refractivity contribution in [2.75, 3.05) is 28.3 Å². The van der Waals surface area contributed by atoms with E-state index in [4.69, 9.17) is 4.74 Å². The van der Waals surface area contributed by atoms with Crippen LogP contribution in [-0.4, -0.2) is 56.1 Å². The van der Waals surface area contributed by atoms with Crippen LogP contribution in [0.15, 0.2) is 38.6 Å². The van der Waals surface area contributed by atoms with E-state index in [-0.39, 0.29) is 6.02 Å². The monoisotopic (exact) mass is 388 g/mol. The summed E-state index contributed by atoms with van der Waals surface area (Å²) in [6.07, 6.45) is 0. The summed E-state index contributed by atoms with van der Waals surface area (Å²) in [5.41, 5.74) is 0. The lowest BCUT2D eigenvalue weighted by molar-refractivity contribution is 0.218. The highest BCUT2D eigenvalue weighted by atomic mass is 79.9. The molecule has 0 saturated carbocycles. The summed E-state index contributed by atoms with van der Waals surface area (Å²) in [4.78, 5) is 30.6. The van der Waals surface area contributed by atoms with Crippen LogP contribution in [0.5, 0.6) is 0 Å². The summed E-state index contributed by atoms with van der Waals surface area (Å²) in [5.74, 6) is 0. The van der Waals surface area contributed by atoms with Gasteiger partial charge in [-0.2, -0.15) is 0 Å². The first-order chi connectivity index (χ1) is 10.3. The second kappa shape index (κ2) is 8.64. The van der Waals surface area contributed by atoms with Crippen molar-refractivity contribution in [1.82, 2.24) is 14.5 Å². The van der Waals surface area contributed by atoms with Crippen LogP contribution >= 0.6 is 27.9 Å². The van der Waals surface area contributed by atoms with Gasteiger partial charge in [-0.1, -0.05) is 15.9 Å². The number of benzene rings is 1. The molecule has 0 bridgehead atoms. The highest BCUT2D eigenvalue weighted by Crippen LogP contribution is 2.18. The molecule has 120 valence electrons. The minimum atomic E-state index is -0.517. The topological polar surface area (TPSA) is 74.2 Å². The van der Waals surface area contributed by atoms with E-state index in [0.29, 0.717) is 0 Å². The molecule has 1 N–H and O–H groups in total. The number of amides is 4. The molecule has 0 heterocycles. The Hall–Kier alpha value is -1.74. The molecule has 1 aromatic rings. The summed E-state index contributed by atoms with van der Waals surface area (Å²) in [5, 5.41) is 0. The van der Waals surface area contributed by atoms with Crippen molar-refractivity contribution >= 4 is 46.0 Å². The smallest absolute Gasteiger partial charge is 0.347 e. The Labute approximate surface area is 142 Å². The number of carbonyl (C=O) groups is 2. The molecule has 22 heavy (non-hydrogen) atoms. The van der Waals surface area contributed by atoms with Crippen molar-refractivity contribution in [3.63, 3.8) is 0 Å². The number of amidine groups is 1. The van der Waals surface area contributed by atoms with Gasteiger partial charge in [0.25, 0.3) is 0 Å². The molecule has 1 rings (SSSR count). The minimum Gasteiger partial charge on any atom is -0.468 e. The van der Waals surface area contributed by atoms with Crippen LogP contribution in [0.3, 0.4) is 0 Å². The van der Waals surface area contributed by atoms with E-state index in [1.165, 1.54) is 19.1 Å². The Bertz CT molecular complexity index is 563. The first kappa shape index (κ1) is 18.3. The Balaban J connectivity index is 2.66. The van der Waals surface area contributed by atoms with Gasteiger partial charge in [0.15, 0.2) is 0 Å². The third kappa shape index (κ3) is 5.57. The molecule has 0 atom stereocenters. The molecule has 0 aliphatic heterocycles. The molecule has 0 aliphatic carbocycles. The van der Waals surface area contributed by atoms with Gasteiger partial charge < -0.3 is 9.64 Å². The van der Waals surface area contributed by atoms with Crippen molar-refractivity contribution in [2.24, 2.45) is 4.99 Å². The predicted molar refractivity (Wildman–Crippen MR) is 89.8 cm³/mol. The fourth-order valence-electron chi connectivity index (χ4n) is 1.20. The van der Waals surface area contributed by atoms with Crippen LogP contribution in [0.25, 0.3) is 0 Å². The second-order valence-electron chi connectivity index (χ2n) is 4.30. The van der Waals surface area contributed by atoms with Crippen molar-refractivity contribution in [1.29, 1.82) is 0 Å². The lowest BCUT2D eigenvalue weighted by Crippen LogP contribution is -2.40. The molecule has 0 fully saturated rings. The van der Waals surface area contributed by atoms with Crippen molar-refractivity contribution in [3.8, 4) is 0 Å². The van der Waals surface area contributed by atoms with E-state index in [2.05, 4.69) is 25.6 Å². The number of urea groups is 2. The lowest BCUT2D eigenvalue weighted by Gasteiger charge is -2.18. The van der Waals surface area contributed by atoms with Crippen LogP contribution in [-0.2, 0) is 4.74 Å². The van der Waals surface area contributed by atoms with Gasteiger partial charge >= 0.3 is 18.1 Å². The minimum absolute atomic E-state index is 0.0902. The number of rotatable bonds is 2. The molecule has 7 nitrogen and oxygen atoms in total. The molecule has 0 aliphatic rings. The summed E-state index contributed by atoms with van der Waals surface area (Å²) in [6.45, 7) is 0. The largest absolute Gasteiger partial charge is 0.468 e. The van der Waals surface area contributed by atoms with Crippen molar-refractivity contribution in [3.05, 3.63) is 28.7 Å². The lowest BCUT2D eigenvalue weighted by atomic mass is 10.4. The number of halogens is 1. The number of aliphatic imine (C=N–C) groups is 1. The third-order valence-corrected chi connectivity index (χ3v) is 3.73. The maximum absolute atomic E-state index is 12.0. The van der Waals surface area contributed by atoms with Gasteiger partial charge in [0, 0.05) is 30.5 Å². The summed E-state index contributed by atoms with van der Waals surface area (Å²) in [7, 11) is 5.92. The number of ether oxygens (including phenoxy) is 1. The first-order valence-corrected chi connectivity index (χ1v) is 7.76. The zero-order chi connectivity index (χ0) is 16.7. The quantitative estimate of drug-likeness (QED) is 0.480. The summed E-state index contributed by atoms with van der Waals surface area (Å²) < 4.78 is 8.57. The fourth-order valence-corrected chi connectivity index (χ4v) is 2.08. The van der Waals surface area contributed by atoms with Crippen LogP contribution in [0.2, 0.25) is 0 Å². The molecule has 0 spiro atoms. The van der Waals surface area contributed by atoms with E-state index >= 15 is 0 Å². The molecule has 0 saturated heterocycles. The maximum Gasteiger partial charge on any atom is 0.347 e. The zero-order valence-electron chi connectivity index (χ0n) is 12.7. The molecular weight excluding hydrogens is 372 g/mol. The SMILES string of the molecule is COC(=NC(=O)N(C)C)N(C)C(=O)NSc1ccc(Br)cc1. The van der Waals surface area contributed by atoms with E-state index < -0.39 is 12.1 Å². The van der Waals surface area contributed by atoms with Crippen molar-refractivity contribution < 1.29 is 14.3 Å². The van der Waals surface area contributed by atoms with Gasteiger partial charge in [0.2, 0.25) is 0 Å². The normalized spacial score (nSPS) is 10.9. The highest BCUT2D eigenvalue weighted by Gasteiger charge is 2.17. The Morgan fingerprint density at radius 2 is 1.82 bits per heavy atom. The van der Waals surface area contributed by atoms with Gasteiger partial charge in [-0.05, 0) is 36.2 Å². The molecule has 0 radical (unpaired) electrons. The Morgan fingerprint density at radius 1 is 1.23 bits per heavy atom. The maximum atomic E-state index is 12.0. The highest BCUT2D eigenvalue weighted by molar-refractivity contribution is 9.10. The number of nitrogens with one attached hydrogen (secondary N) is 1.